The summed E-state index contributed by atoms with van der Waals surface area (Å²) in [5.74, 6) is 2.27. The van der Waals surface area contributed by atoms with E-state index in [-0.39, 0.29) is 0 Å². The lowest BCUT2D eigenvalue weighted by molar-refractivity contribution is 0.277. The minimum Gasteiger partial charge on any atom is -0.471 e. The molecule has 0 radical (unpaired) electrons. The molecule has 0 aromatic carbocycles. The molecule has 3 rings (SSSR count). The molecule has 0 amide bonds. The zero-order chi connectivity index (χ0) is 13.1. The SMILES string of the molecule is Cc1cc(COc2cc(N3CCCC3)ncn2)no1. The number of ether oxygens (including phenoxy) is 1. The van der Waals surface area contributed by atoms with Gasteiger partial charge in [-0.1, -0.05) is 5.16 Å². The van der Waals surface area contributed by atoms with Gasteiger partial charge in [0.15, 0.2) is 0 Å². The van der Waals surface area contributed by atoms with E-state index in [1.165, 1.54) is 19.2 Å². The maximum atomic E-state index is 5.61. The molecule has 2 aromatic heterocycles. The molecular weight excluding hydrogens is 244 g/mol. The van der Waals surface area contributed by atoms with Crippen molar-refractivity contribution in [2.24, 2.45) is 0 Å². The molecule has 1 saturated heterocycles. The lowest BCUT2D eigenvalue weighted by atomic mass is 10.4. The maximum absolute atomic E-state index is 5.61. The van der Waals surface area contributed by atoms with Gasteiger partial charge in [0.1, 0.15) is 30.2 Å². The smallest absolute Gasteiger partial charge is 0.218 e. The van der Waals surface area contributed by atoms with Gasteiger partial charge in [0.25, 0.3) is 0 Å². The molecule has 0 aliphatic carbocycles. The zero-order valence-corrected chi connectivity index (χ0v) is 10.9. The van der Waals surface area contributed by atoms with Gasteiger partial charge < -0.3 is 14.2 Å². The molecule has 6 nitrogen and oxygen atoms in total. The Balaban J connectivity index is 1.65. The summed E-state index contributed by atoms with van der Waals surface area (Å²) in [4.78, 5) is 10.6. The Morgan fingerprint density at radius 3 is 2.84 bits per heavy atom. The van der Waals surface area contributed by atoms with Crippen molar-refractivity contribution >= 4 is 5.82 Å². The largest absolute Gasteiger partial charge is 0.471 e. The van der Waals surface area contributed by atoms with Crippen molar-refractivity contribution in [2.75, 3.05) is 18.0 Å². The van der Waals surface area contributed by atoms with E-state index < -0.39 is 0 Å². The topological polar surface area (TPSA) is 64.3 Å². The van der Waals surface area contributed by atoms with E-state index in [2.05, 4.69) is 20.0 Å². The Hall–Kier alpha value is -2.11. The monoisotopic (exact) mass is 260 g/mol. The van der Waals surface area contributed by atoms with Gasteiger partial charge >= 0.3 is 0 Å². The molecule has 1 aliphatic heterocycles. The first-order valence-corrected chi connectivity index (χ1v) is 6.43. The summed E-state index contributed by atoms with van der Waals surface area (Å²) in [6.45, 7) is 4.32. The summed E-state index contributed by atoms with van der Waals surface area (Å²) in [6.07, 6.45) is 3.98. The van der Waals surface area contributed by atoms with Crippen molar-refractivity contribution < 1.29 is 9.26 Å². The lowest BCUT2D eigenvalue weighted by Crippen LogP contribution is -2.19. The molecule has 19 heavy (non-hydrogen) atoms. The number of hydrogen-bond donors (Lipinski definition) is 0. The Morgan fingerprint density at radius 2 is 2.11 bits per heavy atom. The Labute approximate surface area is 111 Å². The molecule has 6 heteroatoms. The zero-order valence-electron chi connectivity index (χ0n) is 10.9. The molecule has 0 spiro atoms. The van der Waals surface area contributed by atoms with Crippen molar-refractivity contribution in [1.29, 1.82) is 0 Å². The van der Waals surface area contributed by atoms with Crippen LogP contribution in [0.25, 0.3) is 0 Å². The van der Waals surface area contributed by atoms with Crippen molar-refractivity contribution in [3.05, 3.63) is 29.9 Å². The normalized spacial score (nSPS) is 14.9. The summed E-state index contributed by atoms with van der Waals surface area (Å²) in [7, 11) is 0. The third-order valence-electron chi connectivity index (χ3n) is 3.10. The van der Waals surface area contributed by atoms with Crippen molar-refractivity contribution in [2.45, 2.75) is 26.4 Å². The molecule has 1 fully saturated rings. The average Bonchev–Trinajstić information content (AvgIpc) is 3.08. The fourth-order valence-corrected chi connectivity index (χ4v) is 2.16. The Kier molecular flexibility index (Phi) is 3.31. The minimum atomic E-state index is 0.355. The first-order valence-electron chi connectivity index (χ1n) is 6.43. The van der Waals surface area contributed by atoms with E-state index >= 15 is 0 Å². The second kappa shape index (κ2) is 5.26. The fourth-order valence-electron chi connectivity index (χ4n) is 2.16. The lowest BCUT2D eigenvalue weighted by Gasteiger charge is -2.16. The number of hydrogen-bond acceptors (Lipinski definition) is 6. The third kappa shape index (κ3) is 2.83. The highest BCUT2D eigenvalue weighted by Gasteiger charge is 2.14. The van der Waals surface area contributed by atoms with Crippen LogP contribution in [-0.2, 0) is 6.61 Å². The van der Waals surface area contributed by atoms with Crippen LogP contribution in [0.2, 0.25) is 0 Å². The number of nitrogens with zero attached hydrogens (tertiary/aromatic N) is 4. The Bertz CT molecular complexity index is 549. The van der Waals surface area contributed by atoms with Gasteiger partial charge in [0.05, 0.1) is 0 Å². The van der Waals surface area contributed by atoms with Crippen molar-refractivity contribution in [1.82, 2.24) is 15.1 Å². The minimum absolute atomic E-state index is 0.355. The molecule has 2 aromatic rings. The van der Waals surface area contributed by atoms with Gasteiger partial charge in [0.2, 0.25) is 5.88 Å². The van der Waals surface area contributed by atoms with Gasteiger partial charge in [0, 0.05) is 25.2 Å². The van der Waals surface area contributed by atoms with E-state index in [9.17, 15) is 0 Å². The highest BCUT2D eigenvalue weighted by molar-refractivity contribution is 5.41. The van der Waals surface area contributed by atoms with Crippen LogP contribution in [0.5, 0.6) is 5.88 Å². The van der Waals surface area contributed by atoms with Gasteiger partial charge in [-0.3, -0.25) is 0 Å². The molecule has 0 saturated carbocycles. The summed E-state index contributed by atoms with van der Waals surface area (Å²) in [5.41, 5.74) is 0.763. The van der Waals surface area contributed by atoms with Crippen LogP contribution in [0, 0.1) is 6.92 Å². The molecule has 1 aliphatic rings. The second-order valence-corrected chi connectivity index (χ2v) is 4.63. The fraction of sp³-hybridized carbons (Fsp3) is 0.462. The molecule has 0 unspecified atom stereocenters. The number of anilines is 1. The molecule has 100 valence electrons. The van der Waals surface area contributed by atoms with Crippen LogP contribution >= 0.6 is 0 Å². The average molecular weight is 260 g/mol. The summed E-state index contributed by atoms with van der Waals surface area (Å²) in [6, 6.07) is 3.72. The summed E-state index contributed by atoms with van der Waals surface area (Å²) >= 11 is 0. The molecule has 3 heterocycles. The van der Waals surface area contributed by atoms with E-state index in [0.29, 0.717) is 12.5 Å². The number of aromatic nitrogens is 3. The molecular formula is C13H16N4O2. The van der Waals surface area contributed by atoms with E-state index in [1.54, 1.807) is 0 Å². The predicted octanol–water partition coefficient (Wildman–Crippen LogP) is 1.95. The standard InChI is InChI=1S/C13H16N4O2/c1-10-6-11(16-19-10)8-18-13-7-12(14-9-15-13)17-4-2-3-5-17/h6-7,9H,2-5,8H2,1H3. The highest BCUT2D eigenvalue weighted by atomic mass is 16.5. The van der Waals surface area contributed by atoms with Gasteiger partial charge in [-0.2, -0.15) is 0 Å². The Morgan fingerprint density at radius 1 is 1.26 bits per heavy atom. The molecule has 0 bridgehead atoms. The van der Waals surface area contributed by atoms with Crippen LogP contribution in [0.1, 0.15) is 24.3 Å². The number of aryl methyl sites for hydroxylation is 1. The van der Waals surface area contributed by atoms with E-state index in [4.69, 9.17) is 9.26 Å². The van der Waals surface area contributed by atoms with Crippen LogP contribution < -0.4 is 9.64 Å². The predicted molar refractivity (Wildman–Crippen MR) is 69.1 cm³/mol. The maximum Gasteiger partial charge on any atom is 0.218 e. The van der Waals surface area contributed by atoms with E-state index in [0.717, 1.165) is 30.4 Å². The van der Waals surface area contributed by atoms with Crippen molar-refractivity contribution in [3.63, 3.8) is 0 Å². The van der Waals surface area contributed by atoms with Gasteiger partial charge in [-0.15, -0.1) is 0 Å². The molecule has 0 N–H and O–H groups in total. The van der Waals surface area contributed by atoms with Gasteiger partial charge in [-0.25, -0.2) is 9.97 Å². The van der Waals surface area contributed by atoms with Crippen molar-refractivity contribution in [3.8, 4) is 5.88 Å². The summed E-state index contributed by atoms with van der Waals surface area (Å²) in [5, 5.41) is 3.88. The summed E-state index contributed by atoms with van der Waals surface area (Å²) < 4.78 is 10.6. The van der Waals surface area contributed by atoms with Crippen LogP contribution in [0.15, 0.2) is 23.0 Å². The van der Waals surface area contributed by atoms with E-state index in [1.807, 2.05) is 19.1 Å². The quantitative estimate of drug-likeness (QED) is 0.837. The highest BCUT2D eigenvalue weighted by Crippen LogP contribution is 2.20. The third-order valence-corrected chi connectivity index (χ3v) is 3.10. The van der Waals surface area contributed by atoms with Gasteiger partial charge in [-0.05, 0) is 19.8 Å². The first kappa shape index (κ1) is 12.0. The number of rotatable bonds is 4. The van der Waals surface area contributed by atoms with Crippen LogP contribution in [0.3, 0.4) is 0 Å². The molecule has 0 atom stereocenters. The second-order valence-electron chi connectivity index (χ2n) is 4.63. The van der Waals surface area contributed by atoms with Crippen LogP contribution in [-0.4, -0.2) is 28.2 Å². The van der Waals surface area contributed by atoms with Crippen LogP contribution in [0.4, 0.5) is 5.82 Å². The first-order chi connectivity index (χ1) is 9.31.